The predicted octanol–water partition coefficient (Wildman–Crippen LogP) is 2.86. The van der Waals surface area contributed by atoms with Crippen molar-refractivity contribution in [3.05, 3.63) is 41.6 Å². The van der Waals surface area contributed by atoms with E-state index in [4.69, 9.17) is 9.97 Å². The average Bonchev–Trinajstić information content (AvgIpc) is 3.05. The molecule has 1 fully saturated rings. The number of benzene rings is 1. The molecule has 2 heterocycles. The molecule has 0 bridgehead atoms. The zero-order valence-electron chi connectivity index (χ0n) is 16.6. The van der Waals surface area contributed by atoms with Crippen LogP contribution in [0.3, 0.4) is 0 Å². The lowest BCUT2D eigenvalue weighted by molar-refractivity contribution is -0.141. The van der Waals surface area contributed by atoms with Crippen molar-refractivity contribution in [2.75, 3.05) is 32.1 Å². The number of carbonyl (C=O) groups is 1. The van der Waals surface area contributed by atoms with Gasteiger partial charge in [0, 0.05) is 36.0 Å². The van der Waals surface area contributed by atoms with Crippen LogP contribution in [0.1, 0.15) is 30.5 Å². The topological polar surface area (TPSA) is 69.6 Å². The van der Waals surface area contributed by atoms with Crippen LogP contribution in [0, 0.1) is 5.92 Å². The van der Waals surface area contributed by atoms with Crippen LogP contribution in [0.15, 0.2) is 30.3 Å². The highest BCUT2D eigenvalue weighted by molar-refractivity contribution is 5.71. The van der Waals surface area contributed by atoms with Crippen molar-refractivity contribution in [1.82, 2.24) is 14.9 Å². The zero-order chi connectivity index (χ0) is 19.7. The lowest BCUT2D eigenvalue weighted by Gasteiger charge is -2.31. The Morgan fingerprint density at radius 2 is 1.89 bits per heavy atom. The summed E-state index contributed by atoms with van der Waals surface area (Å²) in [7, 11) is 4.15. The van der Waals surface area contributed by atoms with Gasteiger partial charge < -0.3 is 14.9 Å². The first-order valence-corrected chi connectivity index (χ1v) is 10.1. The van der Waals surface area contributed by atoms with E-state index in [1.165, 1.54) is 5.56 Å². The number of anilines is 1. The zero-order valence-corrected chi connectivity index (χ0v) is 16.6. The third kappa shape index (κ3) is 3.74. The number of carboxylic acid groups (broad SMARTS) is 1. The minimum atomic E-state index is -0.710. The molecule has 1 aromatic heterocycles. The molecule has 4 rings (SSSR count). The first kappa shape index (κ1) is 18.9. The van der Waals surface area contributed by atoms with Gasteiger partial charge in [-0.25, -0.2) is 9.97 Å². The number of aliphatic carboxylic acids is 1. The lowest BCUT2D eigenvalue weighted by Crippen LogP contribution is -2.41. The summed E-state index contributed by atoms with van der Waals surface area (Å²) in [4.78, 5) is 26.0. The number of hydrogen-bond donors (Lipinski definition) is 1. The second-order valence-electron chi connectivity index (χ2n) is 8.15. The van der Waals surface area contributed by atoms with Gasteiger partial charge in [-0.1, -0.05) is 30.3 Å². The van der Waals surface area contributed by atoms with E-state index in [9.17, 15) is 9.90 Å². The van der Waals surface area contributed by atoms with Gasteiger partial charge in [0.05, 0.1) is 5.92 Å². The summed E-state index contributed by atoms with van der Waals surface area (Å²) < 4.78 is 0. The van der Waals surface area contributed by atoms with Gasteiger partial charge in [0.1, 0.15) is 5.82 Å². The molecule has 0 amide bonds. The van der Waals surface area contributed by atoms with Crippen molar-refractivity contribution >= 4 is 11.8 Å². The molecule has 0 radical (unpaired) electrons. The van der Waals surface area contributed by atoms with E-state index in [0.29, 0.717) is 19.0 Å². The van der Waals surface area contributed by atoms with Crippen LogP contribution < -0.4 is 4.90 Å². The number of carboxylic acids is 1. The number of aryl methyl sites for hydroxylation is 1. The second kappa shape index (κ2) is 7.87. The van der Waals surface area contributed by atoms with Crippen molar-refractivity contribution in [3.63, 3.8) is 0 Å². The highest BCUT2D eigenvalue weighted by Gasteiger charge is 2.32. The minimum Gasteiger partial charge on any atom is -0.481 e. The minimum absolute atomic E-state index is 0.316. The summed E-state index contributed by atoms with van der Waals surface area (Å²) in [5.74, 6) is 0.616. The Kier molecular flexibility index (Phi) is 5.31. The normalized spacial score (nSPS) is 22.2. The second-order valence-corrected chi connectivity index (χ2v) is 8.15. The van der Waals surface area contributed by atoms with E-state index in [0.717, 1.165) is 55.1 Å². The number of likely N-dealkylation sites (N-methyl/N-ethyl adjacent to an activating group) is 1. The quantitative estimate of drug-likeness (QED) is 0.880. The van der Waals surface area contributed by atoms with Crippen molar-refractivity contribution in [3.8, 4) is 11.4 Å². The molecule has 0 saturated carbocycles. The van der Waals surface area contributed by atoms with Gasteiger partial charge in [-0.15, -0.1) is 0 Å². The third-order valence-electron chi connectivity index (χ3n) is 6.04. The molecule has 148 valence electrons. The third-order valence-corrected chi connectivity index (χ3v) is 6.04. The molecular formula is C22H28N4O2. The van der Waals surface area contributed by atoms with Crippen LogP contribution in [-0.2, 0) is 17.6 Å². The SMILES string of the molecule is CN(C)[C@@H]1CC[C@H](C(=O)O)CN(c2nc(-c3ccccc3)nc3c2CCC3)C1. The molecular weight excluding hydrogens is 352 g/mol. The van der Waals surface area contributed by atoms with E-state index < -0.39 is 5.97 Å². The first-order valence-electron chi connectivity index (χ1n) is 10.1. The van der Waals surface area contributed by atoms with Crippen LogP contribution in [-0.4, -0.2) is 59.2 Å². The number of nitrogens with zero attached hydrogens (tertiary/aromatic N) is 4. The van der Waals surface area contributed by atoms with Crippen molar-refractivity contribution in [2.45, 2.75) is 38.1 Å². The Balaban J connectivity index is 1.77. The Hall–Kier alpha value is -2.47. The summed E-state index contributed by atoms with van der Waals surface area (Å²) in [5, 5.41) is 9.71. The van der Waals surface area contributed by atoms with Crippen LogP contribution in [0.25, 0.3) is 11.4 Å². The number of rotatable bonds is 4. The smallest absolute Gasteiger partial charge is 0.308 e. The molecule has 1 N–H and O–H groups in total. The summed E-state index contributed by atoms with van der Waals surface area (Å²) in [6.07, 6.45) is 4.62. The fraction of sp³-hybridized carbons (Fsp3) is 0.500. The maximum absolute atomic E-state index is 11.8. The van der Waals surface area contributed by atoms with Gasteiger partial charge >= 0.3 is 5.97 Å². The molecule has 2 aliphatic rings. The van der Waals surface area contributed by atoms with Crippen LogP contribution in [0.2, 0.25) is 0 Å². The number of aromatic nitrogens is 2. The van der Waals surface area contributed by atoms with Crippen molar-refractivity contribution < 1.29 is 9.90 Å². The van der Waals surface area contributed by atoms with Crippen LogP contribution in [0.5, 0.6) is 0 Å². The van der Waals surface area contributed by atoms with E-state index in [-0.39, 0.29) is 5.92 Å². The Morgan fingerprint density at radius 1 is 1.11 bits per heavy atom. The molecule has 6 nitrogen and oxygen atoms in total. The summed E-state index contributed by atoms with van der Waals surface area (Å²) >= 11 is 0. The van der Waals surface area contributed by atoms with E-state index in [1.54, 1.807) is 0 Å². The molecule has 1 aromatic carbocycles. The van der Waals surface area contributed by atoms with Crippen molar-refractivity contribution in [1.29, 1.82) is 0 Å². The summed E-state index contributed by atoms with van der Waals surface area (Å²) in [6.45, 7) is 1.31. The highest BCUT2D eigenvalue weighted by atomic mass is 16.4. The van der Waals surface area contributed by atoms with Crippen LogP contribution >= 0.6 is 0 Å². The van der Waals surface area contributed by atoms with Gasteiger partial charge in [0.25, 0.3) is 0 Å². The monoisotopic (exact) mass is 380 g/mol. The summed E-state index contributed by atoms with van der Waals surface area (Å²) in [5.41, 5.74) is 3.34. The van der Waals surface area contributed by atoms with Gasteiger partial charge in [-0.2, -0.15) is 0 Å². The fourth-order valence-electron chi connectivity index (χ4n) is 4.36. The first-order chi connectivity index (χ1) is 13.5. The van der Waals surface area contributed by atoms with E-state index in [2.05, 4.69) is 23.9 Å². The molecule has 0 unspecified atom stereocenters. The van der Waals surface area contributed by atoms with Crippen molar-refractivity contribution in [2.24, 2.45) is 5.92 Å². The standard InChI is InChI=1S/C22H28N4O2/c1-25(2)17-12-11-16(22(27)28)13-26(14-17)21-18-9-6-10-19(18)23-20(24-21)15-7-4-3-5-8-15/h3-5,7-8,16-17H,6,9-14H2,1-2H3,(H,27,28)/t16-,17+/m0/s1. The Bertz CT molecular complexity index is 853. The van der Waals surface area contributed by atoms with Crippen LogP contribution in [0.4, 0.5) is 5.82 Å². The molecule has 1 saturated heterocycles. The lowest BCUT2D eigenvalue weighted by atomic mass is 10.0. The molecule has 6 heteroatoms. The molecule has 1 aliphatic carbocycles. The Morgan fingerprint density at radius 3 is 2.61 bits per heavy atom. The van der Waals surface area contributed by atoms with Gasteiger partial charge in [0.2, 0.25) is 0 Å². The maximum atomic E-state index is 11.8. The number of fused-ring (bicyclic) bond motifs is 1. The molecule has 0 spiro atoms. The summed E-state index contributed by atoms with van der Waals surface area (Å²) in [6, 6.07) is 10.4. The molecule has 28 heavy (non-hydrogen) atoms. The Labute approximate surface area is 166 Å². The average molecular weight is 380 g/mol. The number of hydrogen-bond acceptors (Lipinski definition) is 5. The maximum Gasteiger partial charge on any atom is 0.308 e. The van der Waals surface area contributed by atoms with E-state index >= 15 is 0 Å². The van der Waals surface area contributed by atoms with Gasteiger partial charge in [0.15, 0.2) is 5.82 Å². The molecule has 2 atom stereocenters. The predicted molar refractivity (Wildman–Crippen MR) is 110 cm³/mol. The molecule has 2 aromatic rings. The van der Waals surface area contributed by atoms with Gasteiger partial charge in [-0.3, -0.25) is 4.79 Å². The highest BCUT2D eigenvalue weighted by Crippen LogP contribution is 2.33. The van der Waals surface area contributed by atoms with E-state index in [1.807, 2.05) is 30.3 Å². The van der Waals surface area contributed by atoms with Gasteiger partial charge in [-0.05, 0) is 46.2 Å². The fourth-order valence-corrected chi connectivity index (χ4v) is 4.36. The largest absolute Gasteiger partial charge is 0.481 e. The molecule has 1 aliphatic heterocycles.